The molecule has 0 heterocycles. The van der Waals surface area contributed by atoms with E-state index in [2.05, 4.69) is 26.0 Å². The number of carbonyl (C=O) groups is 1. The number of nitrogens with two attached hydrogens (primary N) is 1. The summed E-state index contributed by atoms with van der Waals surface area (Å²) in [6, 6.07) is 0. The second-order valence-corrected chi connectivity index (χ2v) is 12.5. The standard InChI is InChI=1S/C32H64NO7P/c1-3-5-7-9-11-13-14-15-16-17-18-20-22-24-27-37-29-31(30-39-41(35,36)38-28-26-33)40-32(34)25-23-21-19-12-10-8-6-4-2/h13-14,31H,3-12,15-30,33H2,1-2H3,(H,35,36)/b14-13-. The maximum absolute atomic E-state index is 12.4. The van der Waals surface area contributed by atoms with Gasteiger partial charge in [-0.25, -0.2) is 4.57 Å². The minimum absolute atomic E-state index is 0.0942. The normalized spacial score (nSPS) is 14.0. The number of hydrogen-bond acceptors (Lipinski definition) is 7. The first kappa shape index (κ1) is 40.2. The zero-order valence-electron chi connectivity index (χ0n) is 26.5. The predicted molar refractivity (Wildman–Crippen MR) is 169 cm³/mol. The summed E-state index contributed by atoms with van der Waals surface area (Å²) in [6.45, 7) is 4.86. The van der Waals surface area contributed by atoms with Gasteiger partial charge in [-0.05, 0) is 38.5 Å². The molecule has 0 saturated heterocycles. The molecule has 0 amide bonds. The van der Waals surface area contributed by atoms with Crippen molar-refractivity contribution in [3.63, 3.8) is 0 Å². The van der Waals surface area contributed by atoms with Crippen LogP contribution in [-0.4, -0.2) is 49.9 Å². The molecule has 2 unspecified atom stereocenters. The zero-order chi connectivity index (χ0) is 30.3. The fraction of sp³-hybridized carbons (Fsp3) is 0.906. The van der Waals surface area contributed by atoms with Gasteiger partial charge in [-0.2, -0.15) is 0 Å². The molecule has 0 aromatic rings. The lowest BCUT2D eigenvalue weighted by molar-refractivity contribution is -0.154. The molecular formula is C32H64NO7P. The van der Waals surface area contributed by atoms with E-state index >= 15 is 0 Å². The average molecular weight is 606 g/mol. The van der Waals surface area contributed by atoms with Crippen LogP contribution in [0.4, 0.5) is 0 Å². The van der Waals surface area contributed by atoms with E-state index in [0.717, 1.165) is 32.1 Å². The first-order chi connectivity index (χ1) is 19.9. The van der Waals surface area contributed by atoms with Crippen LogP contribution in [0.2, 0.25) is 0 Å². The predicted octanol–water partition coefficient (Wildman–Crippen LogP) is 8.80. The Hall–Kier alpha value is -0.760. The van der Waals surface area contributed by atoms with Gasteiger partial charge in [-0.3, -0.25) is 13.8 Å². The molecule has 9 heteroatoms. The van der Waals surface area contributed by atoms with Crippen molar-refractivity contribution in [2.75, 3.05) is 33.0 Å². The van der Waals surface area contributed by atoms with Crippen molar-refractivity contribution in [1.29, 1.82) is 0 Å². The molecule has 244 valence electrons. The Morgan fingerprint density at radius 1 is 0.707 bits per heavy atom. The van der Waals surface area contributed by atoms with Gasteiger partial charge < -0.3 is 20.1 Å². The number of phosphoric ester groups is 1. The summed E-state index contributed by atoms with van der Waals surface area (Å²) in [7, 11) is -4.26. The highest BCUT2D eigenvalue weighted by Crippen LogP contribution is 2.43. The monoisotopic (exact) mass is 605 g/mol. The van der Waals surface area contributed by atoms with Crippen LogP contribution in [0.5, 0.6) is 0 Å². The Kier molecular flexibility index (Phi) is 30.1. The summed E-state index contributed by atoms with van der Waals surface area (Å²) in [5.74, 6) is -0.338. The van der Waals surface area contributed by atoms with Gasteiger partial charge in [0.25, 0.3) is 0 Å². The van der Waals surface area contributed by atoms with E-state index in [-0.39, 0.29) is 32.3 Å². The Labute approximate surface area is 252 Å². The summed E-state index contributed by atoms with van der Waals surface area (Å²) in [5, 5.41) is 0. The number of unbranched alkanes of at least 4 members (excludes halogenated alkanes) is 17. The zero-order valence-corrected chi connectivity index (χ0v) is 27.4. The first-order valence-electron chi connectivity index (χ1n) is 16.7. The number of rotatable bonds is 32. The highest BCUT2D eigenvalue weighted by atomic mass is 31.2. The van der Waals surface area contributed by atoms with Crippen LogP contribution in [0.15, 0.2) is 12.2 Å². The molecule has 0 aromatic carbocycles. The van der Waals surface area contributed by atoms with Gasteiger partial charge in [-0.15, -0.1) is 0 Å². The number of esters is 1. The molecule has 0 aromatic heterocycles. The van der Waals surface area contributed by atoms with E-state index in [1.807, 2.05) is 0 Å². The van der Waals surface area contributed by atoms with E-state index in [1.165, 1.54) is 96.3 Å². The van der Waals surface area contributed by atoms with Crippen molar-refractivity contribution in [3.05, 3.63) is 12.2 Å². The average Bonchev–Trinajstić information content (AvgIpc) is 2.96. The number of carbonyl (C=O) groups excluding carboxylic acids is 1. The van der Waals surface area contributed by atoms with Crippen LogP contribution in [0.3, 0.4) is 0 Å². The summed E-state index contributed by atoms with van der Waals surface area (Å²) < 4.78 is 33.1. The molecule has 0 aliphatic carbocycles. The Morgan fingerprint density at radius 3 is 1.80 bits per heavy atom. The lowest BCUT2D eigenvalue weighted by Gasteiger charge is -2.20. The molecule has 0 aliphatic rings. The number of phosphoric acid groups is 1. The topological polar surface area (TPSA) is 117 Å². The molecule has 0 fully saturated rings. The van der Waals surface area contributed by atoms with E-state index < -0.39 is 13.9 Å². The lowest BCUT2D eigenvalue weighted by atomic mass is 10.1. The van der Waals surface area contributed by atoms with Crippen molar-refractivity contribution < 1.29 is 32.8 Å². The second-order valence-electron chi connectivity index (χ2n) is 11.0. The quantitative estimate of drug-likeness (QED) is 0.0338. The molecule has 0 saturated carbocycles. The lowest BCUT2D eigenvalue weighted by Crippen LogP contribution is -2.28. The van der Waals surface area contributed by atoms with Crippen molar-refractivity contribution in [1.82, 2.24) is 0 Å². The highest BCUT2D eigenvalue weighted by Gasteiger charge is 2.25. The third kappa shape index (κ3) is 30.5. The fourth-order valence-electron chi connectivity index (χ4n) is 4.46. The van der Waals surface area contributed by atoms with Gasteiger partial charge >= 0.3 is 13.8 Å². The summed E-state index contributed by atoms with van der Waals surface area (Å²) in [5.41, 5.74) is 5.33. The van der Waals surface area contributed by atoms with Crippen LogP contribution >= 0.6 is 7.82 Å². The van der Waals surface area contributed by atoms with E-state index in [1.54, 1.807) is 0 Å². The molecule has 0 spiro atoms. The molecule has 0 radical (unpaired) electrons. The second kappa shape index (κ2) is 30.7. The first-order valence-corrected chi connectivity index (χ1v) is 18.2. The smallest absolute Gasteiger partial charge is 0.457 e. The van der Waals surface area contributed by atoms with Crippen molar-refractivity contribution in [3.8, 4) is 0 Å². The third-order valence-electron chi connectivity index (χ3n) is 6.93. The van der Waals surface area contributed by atoms with Crippen LogP contribution < -0.4 is 5.73 Å². The minimum atomic E-state index is -4.26. The summed E-state index contributed by atoms with van der Waals surface area (Å²) >= 11 is 0. The summed E-state index contributed by atoms with van der Waals surface area (Å²) in [4.78, 5) is 22.2. The molecule has 3 N–H and O–H groups in total. The van der Waals surface area contributed by atoms with Gasteiger partial charge in [0.2, 0.25) is 0 Å². The minimum Gasteiger partial charge on any atom is -0.457 e. The maximum atomic E-state index is 12.4. The van der Waals surface area contributed by atoms with E-state index in [0.29, 0.717) is 13.0 Å². The number of allylic oxidation sites excluding steroid dienone is 2. The molecule has 8 nitrogen and oxygen atoms in total. The molecular weight excluding hydrogens is 541 g/mol. The Bertz CT molecular complexity index is 648. The van der Waals surface area contributed by atoms with Crippen LogP contribution in [0.1, 0.15) is 149 Å². The largest absolute Gasteiger partial charge is 0.472 e. The Morgan fingerprint density at radius 2 is 1.22 bits per heavy atom. The molecule has 41 heavy (non-hydrogen) atoms. The van der Waals surface area contributed by atoms with Crippen LogP contribution in [-0.2, 0) is 27.9 Å². The Balaban J connectivity index is 4.10. The van der Waals surface area contributed by atoms with E-state index in [9.17, 15) is 14.3 Å². The van der Waals surface area contributed by atoms with Gasteiger partial charge in [0, 0.05) is 19.6 Å². The van der Waals surface area contributed by atoms with Crippen molar-refractivity contribution >= 4 is 13.8 Å². The van der Waals surface area contributed by atoms with Crippen molar-refractivity contribution in [2.45, 2.75) is 155 Å². The molecule has 0 aliphatic heterocycles. The molecule has 0 bridgehead atoms. The molecule has 2 atom stereocenters. The summed E-state index contributed by atoms with van der Waals surface area (Å²) in [6.07, 6.45) is 28.0. The fourth-order valence-corrected chi connectivity index (χ4v) is 5.23. The van der Waals surface area contributed by atoms with Gasteiger partial charge in [0.05, 0.1) is 19.8 Å². The van der Waals surface area contributed by atoms with E-state index in [4.69, 9.17) is 24.3 Å². The SMILES string of the molecule is CCCCCC/C=C\CCCCCCCCOCC(COP(=O)(O)OCCN)OC(=O)CCCCCCCCCC. The van der Waals surface area contributed by atoms with Gasteiger partial charge in [0.1, 0.15) is 6.10 Å². The van der Waals surface area contributed by atoms with Crippen LogP contribution in [0.25, 0.3) is 0 Å². The van der Waals surface area contributed by atoms with Crippen molar-refractivity contribution in [2.24, 2.45) is 5.73 Å². The van der Waals surface area contributed by atoms with Gasteiger partial charge in [0.15, 0.2) is 0 Å². The number of hydrogen-bond donors (Lipinski definition) is 2. The maximum Gasteiger partial charge on any atom is 0.472 e. The number of ether oxygens (including phenoxy) is 2. The van der Waals surface area contributed by atoms with Gasteiger partial charge in [-0.1, -0.05) is 116 Å². The molecule has 0 rings (SSSR count). The third-order valence-corrected chi connectivity index (χ3v) is 7.92. The highest BCUT2D eigenvalue weighted by molar-refractivity contribution is 7.47. The van der Waals surface area contributed by atoms with Crippen LogP contribution in [0, 0.1) is 0 Å².